The number of carbonyl (C=O) groups excluding carboxylic acids is 2. The Hall–Kier alpha value is -2.43. The van der Waals surface area contributed by atoms with Crippen LogP contribution in [-0.2, 0) is 6.42 Å². The van der Waals surface area contributed by atoms with Crippen LogP contribution in [0.2, 0.25) is 0 Å². The van der Waals surface area contributed by atoms with Crippen molar-refractivity contribution in [2.24, 2.45) is 0 Å². The summed E-state index contributed by atoms with van der Waals surface area (Å²) in [5, 5.41) is 0. The van der Waals surface area contributed by atoms with E-state index in [2.05, 4.69) is 9.97 Å². The number of imide groups is 1. The lowest BCUT2D eigenvalue weighted by molar-refractivity contribution is 0.0655. The summed E-state index contributed by atoms with van der Waals surface area (Å²) in [5.41, 5.74) is 0.976. The number of benzene rings is 1. The van der Waals surface area contributed by atoms with Crippen LogP contribution in [0.5, 0.6) is 0 Å². The average molecular weight is 241 g/mol. The Labute approximate surface area is 103 Å². The van der Waals surface area contributed by atoms with Gasteiger partial charge >= 0.3 is 0 Å². The van der Waals surface area contributed by atoms with Crippen LogP contribution in [0.1, 0.15) is 26.5 Å². The number of carbonyl (C=O) groups is 2. The molecule has 0 fully saturated rings. The van der Waals surface area contributed by atoms with E-state index in [1.54, 1.807) is 36.7 Å². The maximum absolute atomic E-state index is 12.0. The van der Waals surface area contributed by atoms with E-state index < -0.39 is 0 Å². The molecule has 3 rings (SSSR count). The number of amides is 2. The Morgan fingerprint density at radius 3 is 2.33 bits per heavy atom. The van der Waals surface area contributed by atoms with Gasteiger partial charge in [0.2, 0.25) is 0 Å². The highest BCUT2D eigenvalue weighted by atomic mass is 16.2. The fraction of sp³-hybridized carbons (Fsp3) is 0.154. The van der Waals surface area contributed by atoms with E-state index in [4.69, 9.17) is 0 Å². The van der Waals surface area contributed by atoms with Crippen molar-refractivity contribution in [3.05, 3.63) is 53.6 Å². The average Bonchev–Trinajstić information content (AvgIpc) is 2.98. The fourth-order valence-electron chi connectivity index (χ4n) is 2.09. The zero-order valence-electron chi connectivity index (χ0n) is 9.59. The van der Waals surface area contributed by atoms with Gasteiger partial charge in [-0.3, -0.25) is 14.5 Å². The molecule has 1 N–H and O–H groups in total. The fourth-order valence-corrected chi connectivity index (χ4v) is 2.09. The topological polar surface area (TPSA) is 66.1 Å². The second-order valence-corrected chi connectivity index (χ2v) is 4.09. The van der Waals surface area contributed by atoms with E-state index in [1.807, 2.05) is 0 Å². The molecule has 5 nitrogen and oxygen atoms in total. The number of aromatic nitrogens is 2. The van der Waals surface area contributed by atoms with Gasteiger partial charge in [0, 0.05) is 25.4 Å². The minimum Gasteiger partial charge on any atom is -0.349 e. The summed E-state index contributed by atoms with van der Waals surface area (Å²) in [6.45, 7) is 0.347. The van der Waals surface area contributed by atoms with Crippen LogP contribution in [0.4, 0.5) is 0 Å². The maximum atomic E-state index is 12.0. The summed E-state index contributed by atoms with van der Waals surface area (Å²) < 4.78 is 0. The van der Waals surface area contributed by atoms with Crippen molar-refractivity contribution in [3.63, 3.8) is 0 Å². The van der Waals surface area contributed by atoms with E-state index in [0.717, 1.165) is 5.82 Å². The molecule has 0 atom stereocenters. The number of nitrogens with zero attached hydrogens (tertiary/aromatic N) is 2. The largest absolute Gasteiger partial charge is 0.349 e. The van der Waals surface area contributed by atoms with E-state index in [9.17, 15) is 9.59 Å². The summed E-state index contributed by atoms with van der Waals surface area (Å²) in [7, 11) is 0. The first-order valence-electron chi connectivity index (χ1n) is 5.71. The molecule has 0 spiro atoms. The lowest BCUT2D eigenvalue weighted by Gasteiger charge is -2.12. The lowest BCUT2D eigenvalue weighted by Crippen LogP contribution is -2.31. The molecule has 18 heavy (non-hydrogen) atoms. The van der Waals surface area contributed by atoms with Crippen molar-refractivity contribution in [1.29, 1.82) is 0 Å². The van der Waals surface area contributed by atoms with Crippen molar-refractivity contribution in [1.82, 2.24) is 14.9 Å². The Morgan fingerprint density at radius 1 is 1.11 bits per heavy atom. The molecule has 2 heterocycles. The van der Waals surface area contributed by atoms with Gasteiger partial charge in [0.15, 0.2) is 0 Å². The van der Waals surface area contributed by atoms with Crippen molar-refractivity contribution in [2.45, 2.75) is 6.42 Å². The molecular weight excluding hydrogens is 230 g/mol. The molecule has 1 aliphatic heterocycles. The molecule has 5 heteroatoms. The molecule has 2 aromatic rings. The third-order valence-electron chi connectivity index (χ3n) is 3.01. The molecule has 2 amide bonds. The van der Waals surface area contributed by atoms with E-state index in [1.165, 1.54) is 4.90 Å². The van der Waals surface area contributed by atoms with Crippen LogP contribution in [0.15, 0.2) is 36.7 Å². The Kier molecular flexibility index (Phi) is 2.44. The lowest BCUT2D eigenvalue weighted by atomic mass is 10.1. The Bertz CT molecular complexity index is 569. The number of rotatable bonds is 3. The van der Waals surface area contributed by atoms with Crippen molar-refractivity contribution in [3.8, 4) is 0 Å². The standard InChI is InChI=1S/C13H11N3O2/c17-12-9-3-1-2-4-10(9)13(18)16(12)8-5-11-14-6-7-15-11/h1-4,6-7H,5,8H2,(H,14,15). The first-order chi connectivity index (χ1) is 8.77. The molecule has 90 valence electrons. The van der Waals surface area contributed by atoms with Gasteiger partial charge in [-0.1, -0.05) is 12.1 Å². The molecule has 0 saturated heterocycles. The molecule has 0 bridgehead atoms. The van der Waals surface area contributed by atoms with Gasteiger partial charge in [-0.15, -0.1) is 0 Å². The van der Waals surface area contributed by atoms with Crippen LogP contribution in [0.25, 0.3) is 0 Å². The smallest absolute Gasteiger partial charge is 0.261 e. The predicted octanol–water partition coefficient (Wildman–Crippen LogP) is 1.25. The van der Waals surface area contributed by atoms with Crippen LogP contribution in [0.3, 0.4) is 0 Å². The summed E-state index contributed by atoms with van der Waals surface area (Å²) in [4.78, 5) is 32.4. The first kappa shape index (κ1) is 10.7. The predicted molar refractivity (Wildman–Crippen MR) is 64.1 cm³/mol. The minimum absolute atomic E-state index is 0.220. The number of hydrogen-bond donors (Lipinski definition) is 1. The number of nitrogens with one attached hydrogen (secondary N) is 1. The van der Waals surface area contributed by atoms with Gasteiger partial charge in [-0.05, 0) is 12.1 Å². The summed E-state index contributed by atoms with van der Waals surface area (Å²) >= 11 is 0. The van der Waals surface area contributed by atoms with Gasteiger partial charge in [0.05, 0.1) is 11.1 Å². The van der Waals surface area contributed by atoms with E-state index in [0.29, 0.717) is 24.1 Å². The van der Waals surface area contributed by atoms with Crippen LogP contribution in [0, 0.1) is 0 Å². The van der Waals surface area contributed by atoms with Crippen molar-refractivity contribution >= 4 is 11.8 Å². The number of fused-ring (bicyclic) bond motifs is 1. The highest BCUT2D eigenvalue weighted by Crippen LogP contribution is 2.22. The monoisotopic (exact) mass is 241 g/mol. The zero-order valence-corrected chi connectivity index (χ0v) is 9.59. The summed E-state index contributed by atoms with van der Waals surface area (Å²) in [6.07, 6.45) is 3.91. The highest BCUT2D eigenvalue weighted by molar-refractivity contribution is 6.21. The quantitative estimate of drug-likeness (QED) is 0.822. The number of aromatic amines is 1. The Morgan fingerprint density at radius 2 is 1.78 bits per heavy atom. The third kappa shape index (κ3) is 1.60. The molecule has 0 aliphatic carbocycles. The molecule has 1 aromatic heterocycles. The van der Waals surface area contributed by atoms with Gasteiger partial charge in [0.1, 0.15) is 5.82 Å². The van der Waals surface area contributed by atoms with Gasteiger partial charge < -0.3 is 4.98 Å². The summed E-state index contributed by atoms with van der Waals surface area (Å²) in [6, 6.07) is 6.89. The van der Waals surface area contributed by atoms with Gasteiger partial charge in [-0.25, -0.2) is 4.98 Å². The molecular formula is C13H11N3O2. The van der Waals surface area contributed by atoms with Gasteiger partial charge in [0.25, 0.3) is 11.8 Å². The Balaban J connectivity index is 1.80. The van der Waals surface area contributed by atoms with E-state index >= 15 is 0 Å². The first-order valence-corrected chi connectivity index (χ1v) is 5.71. The normalized spacial score (nSPS) is 14.1. The van der Waals surface area contributed by atoms with E-state index in [-0.39, 0.29) is 11.8 Å². The van der Waals surface area contributed by atoms with Crippen molar-refractivity contribution in [2.75, 3.05) is 6.54 Å². The number of hydrogen-bond acceptors (Lipinski definition) is 3. The molecule has 0 unspecified atom stereocenters. The summed E-state index contributed by atoms with van der Waals surface area (Å²) in [5.74, 6) is 0.330. The molecule has 0 radical (unpaired) electrons. The SMILES string of the molecule is O=C1c2ccccc2C(=O)N1CCc1ncc[nH]1. The molecule has 0 saturated carbocycles. The number of H-pyrrole nitrogens is 1. The second kappa shape index (κ2) is 4.10. The molecule has 1 aromatic carbocycles. The van der Waals surface area contributed by atoms with Crippen LogP contribution >= 0.6 is 0 Å². The van der Waals surface area contributed by atoms with Gasteiger partial charge in [-0.2, -0.15) is 0 Å². The van der Waals surface area contributed by atoms with Crippen molar-refractivity contribution < 1.29 is 9.59 Å². The highest BCUT2D eigenvalue weighted by Gasteiger charge is 2.34. The van der Waals surface area contributed by atoms with Crippen LogP contribution < -0.4 is 0 Å². The van der Waals surface area contributed by atoms with Crippen LogP contribution in [-0.4, -0.2) is 33.2 Å². The maximum Gasteiger partial charge on any atom is 0.261 e. The minimum atomic E-state index is -0.220. The molecule has 1 aliphatic rings. The number of imidazole rings is 1. The third-order valence-corrected chi connectivity index (χ3v) is 3.01. The second-order valence-electron chi connectivity index (χ2n) is 4.09. The zero-order chi connectivity index (χ0) is 12.5.